The van der Waals surface area contributed by atoms with Crippen molar-refractivity contribution < 1.29 is 22.6 Å². The smallest absolute Gasteiger partial charge is 0.276 e. The number of methoxy groups -OCH3 is 1. The Bertz CT molecular complexity index is 877. The van der Waals surface area contributed by atoms with Crippen LogP contribution in [0.3, 0.4) is 0 Å². The van der Waals surface area contributed by atoms with Gasteiger partial charge in [-0.25, -0.2) is 4.83 Å². The molecule has 0 aliphatic rings. The van der Waals surface area contributed by atoms with Gasteiger partial charge in [-0.15, -0.1) is 0 Å². The summed E-state index contributed by atoms with van der Waals surface area (Å²) in [5.41, 5.74) is 0.664. The molecule has 2 aromatic carbocycles. The van der Waals surface area contributed by atoms with E-state index in [0.717, 1.165) is 0 Å². The number of nitrogens with one attached hydrogen (secondary N) is 1. The second kappa shape index (κ2) is 9.27. The Morgan fingerprint density at radius 3 is 2.41 bits per heavy atom. The number of sulfonamides is 1. The summed E-state index contributed by atoms with van der Waals surface area (Å²) < 4.78 is 40.8. The van der Waals surface area contributed by atoms with Crippen LogP contribution < -0.4 is 19.0 Å². The Labute approximate surface area is 160 Å². The second-order valence-electron chi connectivity index (χ2n) is 5.83. The van der Waals surface area contributed by atoms with Crippen LogP contribution in [0.2, 0.25) is 0 Å². The van der Waals surface area contributed by atoms with E-state index in [9.17, 15) is 8.42 Å². The number of hydrazone groups is 1. The average molecular weight is 392 g/mol. The maximum atomic E-state index is 12.3. The standard InChI is InChI=1S/C19H24N2O5S/c1-5-25-16-7-9-17(10-8-16)27(22,23)21-20-13-15-6-11-18(26-14(2)3)19(12-15)24-4/h6-14,21H,5H2,1-4H3/b20-13+. The lowest BCUT2D eigenvalue weighted by Crippen LogP contribution is -2.18. The molecule has 0 bridgehead atoms. The molecule has 0 atom stereocenters. The van der Waals surface area contributed by atoms with Gasteiger partial charge in [0, 0.05) is 0 Å². The van der Waals surface area contributed by atoms with E-state index in [4.69, 9.17) is 14.2 Å². The van der Waals surface area contributed by atoms with Crippen molar-refractivity contribution in [2.45, 2.75) is 31.8 Å². The first-order chi connectivity index (χ1) is 12.9. The van der Waals surface area contributed by atoms with Gasteiger partial charge in [0.2, 0.25) is 0 Å². The molecule has 0 aliphatic heterocycles. The number of ether oxygens (including phenoxy) is 3. The van der Waals surface area contributed by atoms with E-state index in [2.05, 4.69) is 9.93 Å². The number of benzene rings is 2. The van der Waals surface area contributed by atoms with Crippen LogP contribution in [0, 0.1) is 0 Å². The minimum atomic E-state index is -3.76. The number of rotatable bonds is 9. The lowest BCUT2D eigenvalue weighted by molar-refractivity contribution is 0.230. The summed E-state index contributed by atoms with van der Waals surface area (Å²) in [6.07, 6.45) is 1.41. The fraction of sp³-hybridized carbons (Fsp3) is 0.316. The topological polar surface area (TPSA) is 86.2 Å². The predicted molar refractivity (Wildman–Crippen MR) is 104 cm³/mol. The van der Waals surface area contributed by atoms with Gasteiger partial charge in [0.1, 0.15) is 5.75 Å². The van der Waals surface area contributed by atoms with E-state index in [-0.39, 0.29) is 11.0 Å². The highest BCUT2D eigenvalue weighted by Crippen LogP contribution is 2.28. The maximum absolute atomic E-state index is 12.3. The number of nitrogens with zero attached hydrogens (tertiary/aromatic N) is 1. The molecule has 146 valence electrons. The Kier molecular flexibility index (Phi) is 7.06. The number of hydrogen-bond acceptors (Lipinski definition) is 6. The highest BCUT2D eigenvalue weighted by Gasteiger charge is 2.12. The zero-order valence-corrected chi connectivity index (χ0v) is 16.6. The van der Waals surface area contributed by atoms with E-state index >= 15 is 0 Å². The SMILES string of the molecule is CCOc1ccc(S(=O)(=O)N/N=C/c2ccc(OC(C)C)c(OC)c2)cc1. The average Bonchev–Trinajstić information content (AvgIpc) is 2.63. The molecule has 27 heavy (non-hydrogen) atoms. The summed E-state index contributed by atoms with van der Waals surface area (Å²) in [6, 6.07) is 11.3. The summed E-state index contributed by atoms with van der Waals surface area (Å²) in [6.45, 7) is 6.21. The van der Waals surface area contributed by atoms with E-state index in [1.807, 2.05) is 20.8 Å². The molecule has 0 aliphatic carbocycles. The monoisotopic (exact) mass is 392 g/mol. The van der Waals surface area contributed by atoms with Gasteiger partial charge in [-0.3, -0.25) is 0 Å². The van der Waals surface area contributed by atoms with Crippen LogP contribution in [-0.4, -0.2) is 34.5 Å². The molecular weight excluding hydrogens is 368 g/mol. The van der Waals surface area contributed by atoms with Gasteiger partial charge < -0.3 is 14.2 Å². The quantitative estimate of drug-likeness (QED) is 0.523. The molecule has 0 fully saturated rings. The fourth-order valence-corrected chi connectivity index (χ4v) is 3.01. The zero-order chi connectivity index (χ0) is 19.9. The zero-order valence-electron chi connectivity index (χ0n) is 15.8. The third kappa shape index (κ3) is 5.89. The van der Waals surface area contributed by atoms with E-state index in [0.29, 0.717) is 29.4 Å². The fourth-order valence-electron chi connectivity index (χ4n) is 2.22. The minimum Gasteiger partial charge on any atom is -0.494 e. The molecule has 0 spiro atoms. The molecule has 0 unspecified atom stereocenters. The Hall–Kier alpha value is -2.74. The highest BCUT2D eigenvalue weighted by molar-refractivity contribution is 7.89. The summed E-state index contributed by atoms with van der Waals surface area (Å²) in [7, 11) is -2.22. The first-order valence-electron chi connectivity index (χ1n) is 8.48. The molecule has 8 heteroatoms. The summed E-state index contributed by atoms with van der Waals surface area (Å²) in [5.74, 6) is 1.76. The molecule has 0 heterocycles. The molecular formula is C19H24N2O5S. The Morgan fingerprint density at radius 2 is 1.81 bits per heavy atom. The van der Waals surface area contributed by atoms with Crippen molar-refractivity contribution >= 4 is 16.2 Å². The van der Waals surface area contributed by atoms with Crippen molar-refractivity contribution in [3.8, 4) is 17.2 Å². The third-order valence-electron chi connectivity index (χ3n) is 3.38. The van der Waals surface area contributed by atoms with Gasteiger partial charge in [0.25, 0.3) is 10.0 Å². The van der Waals surface area contributed by atoms with Crippen LogP contribution in [0.15, 0.2) is 52.5 Å². The molecule has 2 rings (SSSR count). The van der Waals surface area contributed by atoms with Gasteiger partial charge in [0.15, 0.2) is 11.5 Å². The van der Waals surface area contributed by atoms with E-state index in [1.165, 1.54) is 25.5 Å². The molecule has 0 radical (unpaired) electrons. The van der Waals surface area contributed by atoms with Gasteiger partial charge >= 0.3 is 0 Å². The van der Waals surface area contributed by atoms with Crippen molar-refractivity contribution in [1.82, 2.24) is 4.83 Å². The normalized spacial score (nSPS) is 11.6. The van der Waals surface area contributed by atoms with Gasteiger partial charge in [-0.05, 0) is 68.8 Å². The minimum absolute atomic E-state index is 0.0133. The van der Waals surface area contributed by atoms with Crippen molar-refractivity contribution in [2.24, 2.45) is 5.10 Å². The molecule has 1 N–H and O–H groups in total. The number of hydrogen-bond donors (Lipinski definition) is 1. The lowest BCUT2D eigenvalue weighted by Gasteiger charge is -2.13. The first-order valence-corrected chi connectivity index (χ1v) is 9.96. The van der Waals surface area contributed by atoms with Gasteiger partial charge in [0.05, 0.1) is 30.9 Å². The van der Waals surface area contributed by atoms with Crippen molar-refractivity contribution in [2.75, 3.05) is 13.7 Å². The summed E-state index contributed by atoms with van der Waals surface area (Å²) >= 11 is 0. The van der Waals surface area contributed by atoms with E-state index in [1.54, 1.807) is 30.3 Å². The molecule has 0 amide bonds. The third-order valence-corrected chi connectivity index (χ3v) is 4.62. The van der Waals surface area contributed by atoms with Gasteiger partial charge in [-0.2, -0.15) is 13.5 Å². The van der Waals surface area contributed by atoms with Crippen molar-refractivity contribution in [3.05, 3.63) is 48.0 Å². The van der Waals surface area contributed by atoms with Crippen LogP contribution in [-0.2, 0) is 10.0 Å². The van der Waals surface area contributed by atoms with Crippen LogP contribution in [0.1, 0.15) is 26.3 Å². The van der Waals surface area contributed by atoms with Crippen LogP contribution in [0.4, 0.5) is 0 Å². The lowest BCUT2D eigenvalue weighted by atomic mass is 10.2. The van der Waals surface area contributed by atoms with Crippen LogP contribution in [0.5, 0.6) is 17.2 Å². The molecule has 0 aromatic heterocycles. The molecule has 2 aromatic rings. The van der Waals surface area contributed by atoms with Crippen LogP contribution in [0.25, 0.3) is 0 Å². The van der Waals surface area contributed by atoms with Crippen molar-refractivity contribution in [1.29, 1.82) is 0 Å². The summed E-state index contributed by atoms with van der Waals surface area (Å²) in [5, 5.41) is 3.82. The maximum Gasteiger partial charge on any atom is 0.276 e. The van der Waals surface area contributed by atoms with Gasteiger partial charge in [-0.1, -0.05) is 0 Å². The highest BCUT2D eigenvalue weighted by atomic mass is 32.2. The summed E-state index contributed by atoms with van der Waals surface area (Å²) in [4.78, 5) is 2.29. The Balaban J connectivity index is 2.09. The molecule has 0 saturated carbocycles. The van der Waals surface area contributed by atoms with E-state index < -0.39 is 10.0 Å². The molecule has 0 saturated heterocycles. The first kappa shape index (κ1) is 20.6. The molecule has 7 nitrogen and oxygen atoms in total. The Morgan fingerprint density at radius 1 is 1.11 bits per heavy atom. The van der Waals surface area contributed by atoms with Crippen LogP contribution >= 0.6 is 0 Å². The van der Waals surface area contributed by atoms with Crippen molar-refractivity contribution in [3.63, 3.8) is 0 Å². The second-order valence-corrected chi connectivity index (χ2v) is 7.50. The predicted octanol–water partition coefficient (Wildman–Crippen LogP) is 3.19. The largest absolute Gasteiger partial charge is 0.494 e.